The molecular weight excluding hydrogens is 355 g/mol. The zero-order valence-electron chi connectivity index (χ0n) is 15.7. The Labute approximate surface area is 169 Å². The van der Waals surface area contributed by atoms with Crippen LogP contribution in [-0.4, -0.2) is 16.5 Å². The van der Waals surface area contributed by atoms with Crippen molar-refractivity contribution in [1.82, 2.24) is 9.55 Å². The van der Waals surface area contributed by atoms with Gasteiger partial charge in [-0.25, -0.2) is 4.98 Å². The number of hydrogen-bond donors (Lipinski definition) is 0. The maximum Gasteiger partial charge on any atom is 0.464 e. The Morgan fingerprint density at radius 2 is 1.34 bits per heavy atom. The lowest BCUT2D eigenvalue weighted by Gasteiger charge is -2.25. The van der Waals surface area contributed by atoms with Gasteiger partial charge in [0, 0.05) is 11.1 Å². The van der Waals surface area contributed by atoms with Crippen LogP contribution in [-0.2, 0) is 0 Å². The van der Waals surface area contributed by atoms with Crippen molar-refractivity contribution in [3.63, 3.8) is 0 Å². The highest BCUT2D eigenvalue weighted by molar-refractivity contribution is 6.79. The molecule has 0 unspecified atom stereocenters. The second-order valence-electron chi connectivity index (χ2n) is 7.22. The molecule has 29 heavy (non-hydrogen) atoms. The van der Waals surface area contributed by atoms with Crippen molar-refractivity contribution in [3.8, 4) is 22.6 Å². The Hall–Kier alpha value is -3.79. The molecule has 3 nitrogen and oxygen atoms in total. The lowest BCUT2D eigenvalue weighted by molar-refractivity contribution is 0.589. The summed E-state index contributed by atoms with van der Waals surface area (Å²) in [7, 11) is 0. The van der Waals surface area contributed by atoms with Gasteiger partial charge in [-0.15, -0.1) is 0 Å². The Morgan fingerprint density at radius 3 is 2.24 bits per heavy atom. The second kappa shape index (κ2) is 6.38. The molecule has 2 heterocycles. The molecule has 1 aliphatic rings. The summed E-state index contributed by atoms with van der Waals surface area (Å²) in [6, 6.07) is 35.3. The summed E-state index contributed by atoms with van der Waals surface area (Å²) in [5, 5.41) is 0. The van der Waals surface area contributed by atoms with Gasteiger partial charge in [-0.05, 0) is 29.7 Å². The molecule has 0 atom stereocenters. The van der Waals surface area contributed by atoms with Gasteiger partial charge in [0.05, 0.1) is 16.7 Å². The molecule has 0 amide bonds. The molecule has 0 saturated heterocycles. The number of para-hydroxylation sites is 4. The minimum absolute atomic E-state index is 0.307. The highest BCUT2D eigenvalue weighted by atomic mass is 16.4. The highest BCUT2D eigenvalue weighted by Crippen LogP contribution is 2.36. The van der Waals surface area contributed by atoms with Crippen molar-refractivity contribution < 1.29 is 4.65 Å². The third kappa shape index (κ3) is 2.49. The van der Waals surface area contributed by atoms with E-state index in [0.717, 1.165) is 44.8 Å². The summed E-state index contributed by atoms with van der Waals surface area (Å²) >= 11 is 0. The first-order valence-electron chi connectivity index (χ1n) is 9.78. The summed E-state index contributed by atoms with van der Waals surface area (Å²) in [4.78, 5) is 5.02. The molecular formula is C25H17BN2O. The molecule has 1 aromatic heterocycles. The predicted molar refractivity (Wildman–Crippen MR) is 119 cm³/mol. The molecule has 136 valence electrons. The van der Waals surface area contributed by atoms with Crippen LogP contribution in [0.2, 0.25) is 0 Å². The van der Waals surface area contributed by atoms with E-state index in [1.807, 2.05) is 36.4 Å². The third-order valence-electron chi connectivity index (χ3n) is 5.49. The molecule has 4 aromatic carbocycles. The molecule has 5 aromatic rings. The van der Waals surface area contributed by atoms with Crippen molar-refractivity contribution in [3.05, 3.63) is 103 Å². The van der Waals surface area contributed by atoms with E-state index in [1.165, 1.54) is 0 Å². The maximum absolute atomic E-state index is 6.65. The quantitative estimate of drug-likeness (QED) is 0.413. The number of imidazole rings is 1. The van der Waals surface area contributed by atoms with Crippen LogP contribution in [0, 0.1) is 0 Å². The summed E-state index contributed by atoms with van der Waals surface area (Å²) in [5.41, 5.74) is 7.36. The standard InChI is InChI=1S/C25H17BN2O/c1-2-10-18(11-3-1)26-25-27-21-14-6-8-16-23(21)28(25)22-15-7-4-12-19(22)20-13-5-9-17-24(20)29-26/h1-17H. The monoisotopic (exact) mass is 372 g/mol. The number of benzene rings is 4. The van der Waals surface area contributed by atoms with Crippen LogP contribution in [0.1, 0.15) is 0 Å². The molecule has 1 aliphatic heterocycles. The molecule has 0 fully saturated rings. The zero-order valence-corrected chi connectivity index (χ0v) is 15.7. The smallest absolute Gasteiger partial charge is 0.464 e. The normalized spacial score (nSPS) is 12.3. The first kappa shape index (κ1) is 16.2. The first-order valence-corrected chi connectivity index (χ1v) is 9.78. The molecule has 6 rings (SSSR count). The molecule has 0 radical (unpaired) electrons. The van der Waals surface area contributed by atoms with Crippen LogP contribution in [0.4, 0.5) is 0 Å². The van der Waals surface area contributed by atoms with Gasteiger partial charge in [-0.3, -0.25) is 4.57 Å². The van der Waals surface area contributed by atoms with Crippen molar-refractivity contribution in [2.75, 3.05) is 0 Å². The van der Waals surface area contributed by atoms with Gasteiger partial charge in [0.2, 0.25) is 0 Å². The number of rotatable bonds is 1. The van der Waals surface area contributed by atoms with E-state index in [-0.39, 0.29) is 6.92 Å². The van der Waals surface area contributed by atoms with E-state index in [4.69, 9.17) is 9.64 Å². The fraction of sp³-hybridized carbons (Fsp3) is 0. The molecule has 0 aliphatic carbocycles. The van der Waals surface area contributed by atoms with Crippen LogP contribution in [0.3, 0.4) is 0 Å². The van der Waals surface area contributed by atoms with Gasteiger partial charge in [-0.2, -0.15) is 0 Å². The Kier molecular flexibility index (Phi) is 3.56. The summed E-state index contributed by atoms with van der Waals surface area (Å²) < 4.78 is 8.90. The van der Waals surface area contributed by atoms with Crippen molar-refractivity contribution in [2.45, 2.75) is 0 Å². The Balaban J connectivity index is 1.76. The van der Waals surface area contributed by atoms with E-state index in [2.05, 4.69) is 71.3 Å². The molecule has 0 spiro atoms. The Bertz CT molecular complexity index is 1340. The van der Waals surface area contributed by atoms with Crippen molar-refractivity contribution in [2.24, 2.45) is 0 Å². The van der Waals surface area contributed by atoms with Crippen molar-refractivity contribution >= 4 is 29.1 Å². The fourth-order valence-corrected chi connectivity index (χ4v) is 4.19. The minimum atomic E-state index is -0.307. The third-order valence-corrected chi connectivity index (χ3v) is 5.49. The van der Waals surface area contributed by atoms with Crippen LogP contribution in [0.5, 0.6) is 5.75 Å². The van der Waals surface area contributed by atoms with Crippen LogP contribution >= 0.6 is 0 Å². The van der Waals surface area contributed by atoms with Crippen molar-refractivity contribution in [1.29, 1.82) is 0 Å². The second-order valence-corrected chi connectivity index (χ2v) is 7.22. The lowest BCUT2D eigenvalue weighted by Crippen LogP contribution is -2.52. The van der Waals surface area contributed by atoms with Gasteiger partial charge < -0.3 is 4.65 Å². The van der Waals surface area contributed by atoms with Gasteiger partial charge in [-0.1, -0.05) is 78.9 Å². The topological polar surface area (TPSA) is 27.1 Å². The largest absolute Gasteiger partial charge is 0.549 e. The maximum atomic E-state index is 6.65. The number of fused-ring (bicyclic) bond motifs is 7. The predicted octanol–water partition coefficient (Wildman–Crippen LogP) is 4.19. The summed E-state index contributed by atoms with van der Waals surface area (Å²) in [5.74, 6) is 0.868. The van der Waals surface area contributed by atoms with Crippen LogP contribution in [0.25, 0.3) is 27.8 Å². The highest BCUT2D eigenvalue weighted by Gasteiger charge is 2.34. The molecule has 4 heteroatoms. The van der Waals surface area contributed by atoms with Gasteiger partial charge in [0.15, 0.2) is 0 Å². The molecule has 0 bridgehead atoms. The Morgan fingerprint density at radius 1 is 0.655 bits per heavy atom. The average molecular weight is 372 g/mol. The van der Waals surface area contributed by atoms with Crippen LogP contribution in [0.15, 0.2) is 103 Å². The zero-order chi connectivity index (χ0) is 19.2. The number of nitrogens with zero attached hydrogens (tertiary/aromatic N) is 2. The molecule has 0 N–H and O–H groups in total. The number of aromatic nitrogens is 2. The molecule has 0 saturated carbocycles. The van der Waals surface area contributed by atoms with E-state index in [9.17, 15) is 0 Å². The van der Waals surface area contributed by atoms with E-state index in [0.29, 0.717) is 0 Å². The first-order chi connectivity index (χ1) is 14.4. The fourth-order valence-electron chi connectivity index (χ4n) is 4.19. The van der Waals surface area contributed by atoms with Gasteiger partial charge in [0.25, 0.3) is 0 Å². The average Bonchev–Trinajstić information content (AvgIpc) is 3.16. The summed E-state index contributed by atoms with van der Waals surface area (Å²) in [6.07, 6.45) is 0. The van der Waals surface area contributed by atoms with E-state index >= 15 is 0 Å². The van der Waals surface area contributed by atoms with Gasteiger partial charge >= 0.3 is 6.92 Å². The lowest BCUT2D eigenvalue weighted by atomic mass is 9.59. The SMILES string of the molecule is c1ccc(B2Oc3ccccc3-c3ccccc3-n3c2nc2ccccc23)cc1. The van der Waals surface area contributed by atoms with E-state index in [1.54, 1.807) is 0 Å². The number of hydrogen-bond acceptors (Lipinski definition) is 2. The minimum Gasteiger partial charge on any atom is -0.549 e. The van der Waals surface area contributed by atoms with Crippen LogP contribution < -0.4 is 15.8 Å². The summed E-state index contributed by atoms with van der Waals surface area (Å²) in [6.45, 7) is -0.307. The van der Waals surface area contributed by atoms with Gasteiger partial charge in [0.1, 0.15) is 11.5 Å². The van der Waals surface area contributed by atoms with E-state index < -0.39 is 0 Å².